The lowest BCUT2D eigenvalue weighted by atomic mass is 9.71. The minimum Gasteiger partial charge on any atom is -0.496 e. The molecule has 5 heteroatoms. The Labute approximate surface area is 154 Å². The summed E-state index contributed by atoms with van der Waals surface area (Å²) < 4.78 is 17.7. The van der Waals surface area contributed by atoms with Crippen LogP contribution in [0.5, 0.6) is 5.75 Å². The molecule has 1 aromatic carbocycles. The summed E-state index contributed by atoms with van der Waals surface area (Å²) in [6.45, 7) is 5.95. The summed E-state index contributed by atoms with van der Waals surface area (Å²) in [5.41, 5.74) is 1.43. The van der Waals surface area contributed by atoms with E-state index in [0.29, 0.717) is 24.1 Å². The molecule has 2 heterocycles. The van der Waals surface area contributed by atoms with Crippen LogP contribution in [-0.2, 0) is 14.3 Å². The second-order valence-corrected chi connectivity index (χ2v) is 7.74. The number of methoxy groups -OCH3 is 1. The van der Waals surface area contributed by atoms with E-state index in [1.165, 1.54) is 0 Å². The highest BCUT2D eigenvalue weighted by atomic mass is 16.5. The Morgan fingerprint density at radius 2 is 2.04 bits per heavy atom. The summed E-state index contributed by atoms with van der Waals surface area (Å²) in [7, 11) is 1.63. The fourth-order valence-electron chi connectivity index (χ4n) is 4.48. The second kappa shape index (κ2) is 7.05. The monoisotopic (exact) mass is 357 g/mol. The van der Waals surface area contributed by atoms with Crippen LogP contribution in [0.4, 0.5) is 0 Å². The number of Topliss-reactive ketones (excluding diaryl/α,β-unsaturated/α-hetero) is 1. The molecule has 3 aliphatic rings. The molecule has 140 valence electrons. The van der Waals surface area contributed by atoms with Gasteiger partial charge in [-0.15, -0.1) is 0 Å². The maximum Gasteiger partial charge on any atom is 0.173 e. The zero-order valence-electron chi connectivity index (χ0n) is 15.7. The molecule has 0 spiro atoms. The van der Waals surface area contributed by atoms with Crippen molar-refractivity contribution in [3.05, 3.63) is 36.1 Å². The number of nitrogens with zero attached hydrogens (tertiary/aromatic N) is 1. The molecule has 5 nitrogen and oxygen atoms in total. The van der Waals surface area contributed by atoms with Crippen LogP contribution in [0.1, 0.15) is 32.3 Å². The van der Waals surface area contributed by atoms with Crippen LogP contribution in [0, 0.1) is 11.8 Å². The third kappa shape index (κ3) is 2.93. The summed E-state index contributed by atoms with van der Waals surface area (Å²) in [5, 5.41) is 0. The lowest BCUT2D eigenvalue weighted by Gasteiger charge is -2.49. The van der Waals surface area contributed by atoms with Crippen molar-refractivity contribution in [1.29, 1.82) is 0 Å². The largest absolute Gasteiger partial charge is 0.496 e. The van der Waals surface area contributed by atoms with Crippen LogP contribution >= 0.6 is 0 Å². The number of carbonyl (C=O) groups is 1. The standard InChI is InChI=1S/C21H27NO4/c1-13(2)22-10-16-19(26-12-22)9-8-15-20(23)17(11-25-21(15)16)14-6-4-5-7-18(14)24-3/h4-7,11,13,15-16,19,21H,8-10,12H2,1-3H3. The lowest BCUT2D eigenvalue weighted by Crippen LogP contribution is -2.57. The van der Waals surface area contributed by atoms with Crippen LogP contribution in [0.15, 0.2) is 30.5 Å². The molecule has 4 rings (SSSR count). The number of allylic oxidation sites excluding steroid dienone is 1. The van der Waals surface area contributed by atoms with Gasteiger partial charge in [0.05, 0.1) is 37.7 Å². The fraction of sp³-hybridized carbons (Fsp3) is 0.571. The van der Waals surface area contributed by atoms with Crippen molar-refractivity contribution >= 4 is 11.4 Å². The third-order valence-electron chi connectivity index (χ3n) is 6.03. The van der Waals surface area contributed by atoms with Crippen LogP contribution in [0.3, 0.4) is 0 Å². The zero-order chi connectivity index (χ0) is 18.3. The Hall–Kier alpha value is -1.85. The van der Waals surface area contributed by atoms with Crippen molar-refractivity contribution in [3.63, 3.8) is 0 Å². The van der Waals surface area contributed by atoms with Crippen molar-refractivity contribution in [2.24, 2.45) is 11.8 Å². The number of rotatable bonds is 3. The van der Waals surface area contributed by atoms with Crippen molar-refractivity contribution in [1.82, 2.24) is 4.90 Å². The van der Waals surface area contributed by atoms with E-state index in [1.54, 1.807) is 13.4 Å². The van der Waals surface area contributed by atoms with E-state index in [1.807, 2.05) is 24.3 Å². The fourth-order valence-corrected chi connectivity index (χ4v) is 4.48. The molecule has 0 bridgehead atoms. The predicted molar refractivity (Wildman–Crippen MR) is 98.6 cm³/mol. The Morgan fingerprint density at radius 3 is 2.81 bits per heavy atom. The van der Waals surface area contributed by atoms with Gasteiger partial charge in [-0.25, -0.2) is 0 Å². The second-order valence-electron chi connectivity index (χ2n) is 7.74. The maximum absolute atomic E-state index is 13.3. The molecule has 0 amide bonds. The van der Waals surface area contributed by atoms with Crippen LogP contribution < -0.4 is 4.74 Å². The number of benzene rings is 1. The van der Waals surface area contributed by atoms with Gasteiger partial charge in [-0.1, -0.05) is 18.2 Å². The number of carbonyl (C=O) groups excluding carboxylic acids is 1. The minimum absolute atomic E-state index is 0.0961. The number of fused-ring (bicyclic) bond motifs is 3. The molecule has 2 fully saturated rings. The van der Waals surface area contributed by atoms with E-state index in [2.05, 4.69) is 18.7 Å². The van der Waals surface area contributed by atoms with Crippen LogP contribution in [0.2, 0.25) is 0 Å². The van der Waals surface area contributed by atoms with Gasteiger partial charge in [0.25, 0.3) is 0 Å². The molecular weight excluding hydrogens is 330 g/mol. The molecular formula is C21H27NO4. The highest BCUT2D eigenvalue weighted by Crippen LogP contribution is 2.43. The first kappa shape index (κ1) is 17.6. The van der Waals surface area contributed by atoms with Gasteiger partial charge in [-0.05, 0) is 32.8 Å². The molecule has 1 aliphatic carbocycles. The third-order valence-corrected chi connectivity index (χ3v) is 6.03. The van der Waals surface area contributed by atoms with Gasteiger partial charge in [0, 0.05) is 24.1 Å². The average molecular weight is 357 g/mol. The number of para-hydroxylation sites is 1. The first-order valence-corrected chi connectivity index (χ1v) is 9.49. The molecule has 1 saturated carbocycles. The summed E-state index contributed by atoms with van der Waals surface area (Å²) in [6.07, 6.45) is 3.49. The Bertz CT molecular complexity index is 714. The van der Waals surface area contributed by atoms with Gasteiger partial charge < -0.3 is 14.2 Å². The van der Waals surface area contributed by atoms with E-state index in [0.717, 1.165) is 24.9 Å². The summed E-state index contributed by atoms with van der Waals surface area (Å²) >= 11 is 0. The van der Waals surface area contributed by atoms with Gasteiger partial charge in [0.2, 0.25) is 0 Å². The Kier molecular flexibility index (Phi) is 4.76. The molecule has 1 aromatic rings. The van der Waals surface area contributed by atoms with Crippen molar-refractivity contribution < 1.29 is 19.0 Å². The van der Waals surface area contributed by atoms with Crippen molar-refractivity contribution in [2.75, 3.05) is 20.4 Å². The Morgan fingerprint density at radius 1 is 1.23 bits per heavy atom. The van der Waals surface area contributed by atoms with Crippen molar-refractivity contribution in [2.45, 2.75) is 44.9 Å². The van der Waals surface area contributed by atoms with E-state index in [9.17, 15) is 4.79 Å². The number of ether oxygens (including phenoxy) is 3. The summed E-state index contributed by atoms with van der Waals surface area (Å²) in [5.74, 6) is 1.02. The van der Waals surface area contributed by atoms with Crippen molar-refractivity contribution in [3.8, 4) is 5.75 Å². The van der Waals surface area contributed by atoms with Gasteiger partial charge in [0.15, 0.2) is 5.78 Å². The lowest BCUT2D eigenvalue weighted by molar-refractivity contribution is -0.174. The quantitative estimate of drug-likeness (QED) is 0.832. The first-order chi connectivity index (χ1) is 12.6. The van der Waals surface area contributed by atoms with Gasteiger partial charge in [0.1, 0.15) is 11.9 Å². The van der Waals surface area contributed by atoms with Gasteiger partial charge >= 0.3 is 0 Å². The number of ketones is 1. The van der Waals surface area contributed by atoms with Crippen LogP contribution in [-0.4, -0.2) is 49.3 Å². The average Bonchev–Trinajstić information content (AvgIpc) is 2.67. The smallest absolute Gasteiger partial charge is 0.173 e. The normalized spacial score (nSPS) is 31.7. The SMILES string of the molecule is COc1ccccc1C1=COC2C(CCC3OCN(C(C)C)CC32)C1=O. The van der Waals surface area contributed by atoms with E-state index in [4.69, 9.17) is 14.2 Å². The van der Waals surface area contributed by atoms with E-state index >= 15 is 0 Å². The molecule has 4 unspecified atom stereocenters. The molecule has 4 atom stereocenters. The molecule has 0 N–H and O–H groups in total. The van der Waals surface area contributed by atoms with E-state index < -0.39 is 0 Å². The molecule has 2 aliphatic heterocycles. The highest BCUT2D eigenvalue weighted by molar-refractivity contribution is 6.22. The molecule has 26 heavy (non-hydrogen) atoms. The Balaban J connectivity index is 1.61. The van der Waals surface area contributed by atoms with Gasteiger partial charge in [-0.2, -0.15) is 0 Å². The highest BCUT2D eigenvalue weighted by Gasteiger charge is 2.49. The minimum atomic E-state index is -0.100. The first-order valence-electron chi connectivity index (χ1n) is 9.49. The summed E-state index contributed by atoms with van der Waals surface area (Å²) in [6, 6.07) is 8.05. The molecule has 0 aromatic heterocycles. The van der Waals surface area contributed by atoms with Gasteiger partial charge in [-0.3, -0.25) is 9.69 Å². The molecule has 0 radical (unpaired) electrons. The zero-order valence-corrected chi connectivity index (χ0v) is 15.7. The maximum atomic E-state index is 13.3. The molecule has 1 saturated heterocycles. The summed E-state index contributed by atoms with van der Waals surface area (Å²) in [4.78, 5) is 15.6. The number of hydrogen-bond acceptors (Lipinski definition) is 5. The predicted octanol–water partition coefficient (Wildman–Crippen LogP) is 3.10. The van der Waals surface area contributed by atoms with E-state index in [-0.39, 0.29) is 29.8 Å². The van der Waals surface area contributed by atoms with Crippen LogP contribution in [0.25, 0.3) is 5.57 Å². The topological polar surface area (TPSA) is 48.0 Å². The number of hydrogen-bond donors (Lipinski definition) is 0.